The topological polar surface area (TPSA) is 49.8 Å². The Kier molecular flexibility index (Phi) is 2.86. The van der Waals surface area contributed by atoms with Crippen molar-refractivity contribution < 1.29 is 14.6 Å². The van der Waals surface area contributed by atoms with E-state index >= 15 is 0 Å². The van der Waals surface area contributed by atoms with Gasteiger partial charge >= 0.3 is 6.09 Å². The van der Waals surface area contributed by atoms with E-state index in [-0.39, 0.29) is 18.2 Å². The first-order valence-corrected chi connectivity index (χ1v) is 6.06. The van der Waals surface area contributed by atoms with Gasteiger partial charge in [0.15, 0.2) is 0 Å². The van der Waals surface area contributed by atoms with Crippen molar-refractivity contribution in [2.45, 2.75) is 57.8 Å². The number of fused-ring (bicyclic) bond motifs is 1. The van der Waals surface area contributed by atoms with Crippen LogP contribution in [0.3, 0.4) is 0 Å². The van der Waals surface area contributed by atoms with Crippen LogP contribution in [-0.4, -0.2) is 40.4 Å². The molecule has 0 unspecified atom stereocenters. The minimum atomic E-state index is -0.460. The SMILES string of the molecule is CC(C)(C)OC(=O)N1CC[C@@H]2CC[C@@H](O)[C@@H]21. The van der Waals surface area contributed by atoms with Crippen molar-refractivity contribution in [1.82, 2.24) is 4.90 Å². The number of carbonyl (C=O) groups is 1. The van der Waals surface area contributed by atoms with Crippen LogP contribution >= 0.6 is 0 Å². The van der Waals surface area contributed by atoms with Crippen LogP contribution in [0.1, 0.15) is 40.0 Å². The zero-order valence-electron chi connectivity index (χ0n) is 10.3. The maximum absolute atomic E-state index is 11.9. The molecule has 16 heavy (non-hydrogen) atoms. The van der Waals surface area contributed by atoms with E-state index in [9.17, 15) is 9.90 Å². The molecule has 1 amide bonds. The fourth-order valence-corrected chi connectivity index (χ4v) is 2.81. The summed E-state index contributed by atoms with van der Waals surface area (Å²) < 4.78 is 5.35. The van der Waals surface area contributed by atoms with Crippen molar-refractivity contribution in [3.8, 4) is 0 Å². The first kappa shape index (κ1) is 11.7. The molecule has 4 nitrogen and oxygen atoms in total. The van der Waals surface area contributed by atoms with Gasteiger partial charge in [-0.15, -0.1) is 0 Å². The van der Waals surface area contributed by atoms with Crippen molar-refractivity contribution in [3.63, 3.8) is 0 Å². The molecule has 1 heterocycles. The van der Waals surface area contributed by atoms with Crippen molar-refractivity contribution in [2.75, 3.05) is 6.54 Å². The molecule has 1 saturated carbocycles. The van der Waals surface area contributed by atoms with E-state index in [0.29, 0.717) is 5.92 Å². The summed E-state index contributed by atoms with van der Waals surface area (Å²) in [6, 6.07) is -0.00477. The Hall–Kier alpha value is -0.770. The van der Waals surface area contributed by atoms with E-state index in [1.807, 2.05) is 20.8 Å². The van der Waals surface area contributed by atoms with Crippen LogP contribution in [0.25, 0.3) is 0 Å². The summed E-state index contributed by atoms with van der Waals surface area (Å²) in [5.74, 6) is 0.475. The zero-order valence-corrected chi connectivity index (χ0v) is 10.3. The van der Waals surface area contributed by atoms with Gasteiger partial charge in [-0.05, 0) is 46.0 Å². The Morgan fingerprint density at radius 3 is 2.62 bits per heavy atom. The van der Waals surface area contributed by atoms with Crippen LogP contribution in [0.15, 0.2) is 0 Å². The van der Waals surface area contributed by atoms with Gasteiger partial charge in [-0.25, -0.2) is 4.79 Å². The number of rotatable bonds is 0. The van der Waals surface area contributed by atoms with Crippen LogP contribution in [-0.2, 0) is 4.74 Å². The molecule has 1 saturated heterocycles. The Morgan fingerprint density at radius 2 is 2.00 bits per heavy atom. The molecule has 0 aromatic heterocycles. The fraction of sp³-hybridized carbons (Fsp3) is 0.917. The minimum Gasteiger partial charge on any atom is -0.444 e. The molecule has 0 aromatic rings. The average Bonchev–Trinajstić information content (AvgIpc) is 2.66. The number of hydrogen-bond donors (Lipinski definition) is 1. The highest BCUT2D eigenvalue weighted by atomic mass is 16.6. The molecular formula is C12H21NO3. The van der Waals surface area contributed by atoms with Crippen LogP contribution in [0.2, 0.25) is 0 Å². The summed E-state index contributed by atoms with van der Waals surface area (Å²) in [6.07, 6.45) is 2.21. The number of nitrogens with zero attached hydrogens (tertiary/aromatic N) is 1. The molecule has 1 aliphatic carbocycles. The van der Waals surface area contributed by atoms with Crippen molar-refractivity contribution in [1.29, 1.82) is 0 Å². The first-order valence-electron chi connectivity index (χ1n) is 6.06. The highest BCUT2D eigenvalue weighted by Crippen LogP contribution is 2.38. The summed E-state index contributed by atoms with van der Waals surface area (Å²) in [5, 5.41) is 9.87. The lowest BCUT2D eigenvalue weighted by molar-refractivity contribution is 0.00753. The number of likely N-dealkylation sites (tertiary alicyclic amines) is 1. The maximum Gasteiger partial charge on any atom is 0.410 e. The Balaban J connectivity index is 2.02. The molecule has 1 N–H and O–H groups in total. The van der Waals surface area contributed by atoms with E-state index in [0.717, 1.165) is 25.8 Å². The standard InChI is InChI=1S/C12H21NO3/c1-12(2,3)16-11(15)13-7-6-8-4-5-9(14)10(8)13/h8-10,14H,4-7H2,1-3H3/t8-,9+,10+/m0/s1. The Bertz CT molecular complexity index is 284. The van der Waals surface area contributed by atoms with Gasteiger partial charge in [0.1, 0.15) is 5.60 Å². The van der Waals surface area contributed by atoms with Gasteiger partial charge in [0.25, 0.3) is 0 Å². The number of ether oxygens (including phenoxy) is 1. The normalized spacial score (nSPS) is 34.0. The van der Waals surface area contributed by atoms with Crippen LogP contribution in [0.4, 0.5) is 4.79 Å². The molecule has 1 aliphatic heterocycles. The monoisotopic (exact) mass is 227 g/mol. The molecule has 2 aliphatic rings. The predicted octanol–water partition coefficient (Wildman–Crippen LogP) is 1.77. The maximum atomic E-state index is 11.9. The predicted molar refractivity (Wildman–Crippen MR) is 60.1 cm³/mol. The third-order valence-corrected chi connectivity index (χ3v) is 3.44. The zero-order chi connectivity index (χ0) is 11.9. The summed E-state index contributed by atoms with van der Waals surface area (Å²) in [4.78, 5) is 13.7. The minimum absolute atomic E-state index is 0.00477. The summed E-state index contributed by atoms with van der Waals surface area (Å²) in [7, 11) is 0. The lowest BCUT2D eigenvalue weighted by atomic mass is 10.0. The number of aliphatic hydroxyl groups is 1. The molecule has 0 radical (unpaired) electrons. The lowest BCUT2D eigenvalue weighted by Crippen LogP contribution is -2.44. The van der Waals surface area contributed by atoms with E-state index < -0.39 is 5.60 Å². The van der Waals surface area contributed by atoms with Crippen molar-refractivity contribution in [2.24, 2.45) is 5.92 Å². The van der Waals surface area contributed by atoms with Gasteiger partial charge in [-0.2, -0.15) is 0 Å². The molecule has 4 heteroatoms. The van der Waals surface area contributed by atoms with Crippen molar-refractivity contribution >= 4 is 6.09 Å². The molecule has 2 fully saturated rings. The first-order chi connectivity index (χ1) is 7.38. The summed E-state index contributed by atoms with van der Waals surface area (Å²) >= 11 is 0. The second-order valence-electron chi connectivity index (χ2n) is 5.86. The highest BCUT2D eigenvalue weighted by Gasteiger charge is 2.46. The van der Waals surface area contributed by atoms with Gasteiger partial charge in [0, 0.05) is 6.54 Å². The smallest absolute Gasteiger partial charge is 0.410 e. The van der Waals surface area contributed by atoms with E-state index in [4.69, 9.17) is 4.74 Å². The van der Waals surface area contributed by atoms with E-state index in [2.05, 4.69) is 0 Å². The van der Waals surface area contributed by atoms with Crippen molar-refractivity contribution in [3.05, 3.63) is 0 Å². The molecule has 3 atom stereocenters. The lowest BCUT2D eigenvalue weighted by Gasteiger charge is -2.29. The van der Waals surface area contributed by atoms with E-state index in [1.165, 1.54) is 0 Å². The molecular weight excluding hydrogens is 206 g/mol. The molecule has 2 rings (SSSR count). The largest absolute Gasteiger partial charge is 0.444 e. The Morgan fingerprint density at radius 1 is 1.31 bits per heavy atom. The Labute approximate surface area is 96.6 Å². The van der Waals surface area contributed by atoms with Gasteiger partial charge in [0.05, 0.1) is 12.1 Å². The van der Waals surface area contributed by atoms with Gasteiger partial charge in [0.2, 0.25) is 0 Å². The van der Waals surface area contributed by atoms with Crippen LogP contribution < -0.4 is 0 Å². The third-order valence-electron chi connectivity index (χ3n) is 3.44. The number of aliphatic hydroxyl groups excluding tert-OH is 1. The van der Waals surface area contributed by atoms with E-state index in [1.54, 1.807) is 4.90 Å². The second kappa shape index (κ2) is 3.91. The molecule has 0 aromatic carbocycles. The van der Waals surface area contributed by atoms with Crippen LogP contribution in [0.5, 0.6) is 0 Å². The quantitative estimate of drug-likeness (QED) is 0.686. The van der Waals surface area contributed by atoms with Gasteiger partial charge < -0.3 is 14.7 Å². The number of amides is 1. The van der Waals surface area contributed by atoms with Gasteiger partial charge in [-0.3, -0.25) is 0 Å². The molecule has 0 bridgehead atoms. The highest BCUT2D eigenvalue weighted by molar-refractivity contribution is 5.69. The third kappa shape index (κ3) is 2.17. The fourth-order valence-electron chi connectivity index (χ4n) is 2.81. The molecule has 92 valence electrons. The summed E-state index contributed by atoms with van der Waals surface area (Å²) in [6.45, 7) is 6.32. The number of hydrogen-bond acceptors (Lipinski definition) is 3. The van der Waals surface area contributed by atoms with Gasteiger partial charge in [-0.1, -0.05) is 0 Å². The summed E-state index contributed by atoms with van der Waals surface area (Å²) in [5.41, 5.74) is -0.460. The second-order valence-corrected chi connectivity index (χ2v) is 5.86. The van der Waals surface area contributed by atoms with Crippen LogP contribution in [0, 0.1) is 5.92 Å². The average molecular weight is 227 g/mol. The molecule has 0 spiro atoms. The number of carbonyl (C=O) groups excluding carboxylic acids is 1.